The molecule has 0 radical (unpaired) electrons. The van der Waals surface area contributed by atoms with Crippen molar-refractivity contribution >= 4 is 50.6 Å². The molecule has 0 spiro atoms. The van der Waals surface area contributed by atoms with Gasteiger partial charge in [0.1, 0.15) is 0 Å². The molecule has 0 aliphatic carbocycles. The number of hydrogen-bond donors (Lipinski definition) is 0. The van der Waals surface area contributed by atoms with Gasteiger partial charge in [0.05, 0.1) is 22.4 Å². The molecule has 1 aliphatic heterocycles. The van der Waals surface area contributed by atoms with Gasteiger partial charge in [-0.05, 0) is 96.6 Å². The maximum absolute atomic E-state index is 5.29. The highest BCUT2D eigenvalue weighted by Crippen LogP contribution is 2.36. The highest BCUT2D eigenvalue weighted by atomic mass is 28.3. The molecule has 3 heterocycles. The number of aromatic nitrogens is 3. The summed E-state index contributed by atoms with van der Waals surface area (Å²) in [6, 6.07) is 94.8. The lowest BCUT2D eigenvalue weighted by molar-refractivity contribution is 1.18. The molecule has 68 heavy (non-hydrogen) atoms. The van der Waals surface area contributed by atoms with E-state index in [1.54, 1.807) is 0 Å². The van der Waals surface area contributed by atoms with Crippen molar-refractivity contribution in [3.05, 3.63) is 261 Å². The third-order valence-electron chi connectivity index (χ3n) is 13.9. The molecule has 0 saturated heterocycles. The fraction of sp³-hybridized carbons (Fsp3) is 0. The first-order valence-electron chi connectivity index (χ1n) is 23.3. The van der Waals surface area contributed by atoms with E-state index in [1.807, 2.05) is 6.07 Å². The first-order chi connectivity index (χ1) is 33.7. The van der Waals surface area contributed by atoms with Crippen molar-refractivity contribution in [3.8, 4) is 73.0 Å². The van der Waals surface area contributed by atoms with Crippen LogP contribution < -0.4 is 20.7 Å². The molecule has 318 valence electrons. The van der Waals surface area contributed by atoms with Crippen LogP contribution in [-0.2, 0) is 0 Å². The number of fused-ring (bicyclic) bond motifs is 6. The fourth-order valence-corrected chi connectivity index (χ4v) is 15.9. The summed E-state index contributed by atoms with van der Waals surface area (Å²) in [7, 11) is -2.56. The normalized spacial score (nSPS) is 12.5. The number of rotatable bonds is 8. The third kappa shape index (κ3) is 6.49. The number of benzene rings is 10. The molecule has 1 aliphatic rings. The lowest BCUT2D eigenvalue weighted by Gasteiger charge is -2.31. The molecular formula is C64H43N3Si. The molecule has 13 rings (SSSR count). The monoisotopic (exact) mass is 881 g/mol. The van der Waals surface area contributed by atoms with Crippen LogP contribution >= 0.6 is 0 Å². The smallest absolute Gasteiger partial charge is 0.180 e. The summed E-state index contributed by atoms with van der Waals surface area (Å²) in [5.41, 5.74) is 15.6. The SMILES string of the molecule is c1ccc(-c2cc(-c3ccc(-c4ccc(-n5c6ccccc6c6ccccc65)cc4)cc3)nc(-c3cccc(-c4ccc5c(c4)-c4ccccc4[Si]5(c4ccccc4)c4ccccc4)c3)n2)cc1. The second kappa shape index (κ2) is 16.3. The minimum absolute atomic E-state index is 0.694. The van der Waals surface area contributed by atoms with Crippen molar-refractivity contribution in [3.63, 3.8) is 0 Å². The van der Waals surface area contributed by atoms with Gasteiger partial charge in [-0.1, -0.05) is 218 Å². The van der Waals surface area contributed by atoms with Crippen LogP contribution in [0.1, 0.15) is 0 Å². The standard InChI is InChI=1S/C64H43N3Si/c1-4-17-46(18-5-1)58-43-59(47-33-31-44(32-34-47)45-35-38-51(39-36-45)67-60-28-13-10-25-54(60)55-26-11-14-29-61(55)67)66-64(65-58)50-20-16-19-48(41-50)49-37-40-63-57(42-49)56-27-12-15-30-62(56)68(63,52-21-6-2-7-22-52)53-23-8-3-9-24-53/h1-43H. The minimum Gasteiger partial charge on any atom is -0.309 e. The molecule has 0 atom stereocenters. The molecule has 2 aromatic heterocycles. The van der Waals surface area contributed by atoms with Gasteiger partial charge in [-0.25, -0.2) is 9.97 Å². The van der Waals surface area contributed by atoms with Gasteiger partial charge in [-0.3, -0.25) is 0 Å². The van der Waals surface area contributed by atoms with E-state index in [2.05, 4.69) is 259 Å². The van der Waals surface area contributed by atoms with Crippen LogP contribution in [0.25, 0.3) is 94.8 Å². The van der Waals surface area contributed by atoms with Crippen molar-refractivity contribution in [2.24, 2.45) is 0 Å². The third-order valence-corrected chi connectivity index (χ3v) is 18.8. The number of hydrogen-bond acceptors (Lipinski definition) is 2. The zero-order valence-corrected chi connectivity index (χ0v) is 38.2. The Bertz CT molecular complexity index is 3730. The maximum atomic E-state index is 5.29. The van der Waals surface area contributed by atoms with Gasteiger partial charge in [0.15, 0.2) is 13.9 Å². The van der Waals surface area contributed by atoms with Crippen molar-refractivity contribution in [2.45, 2.75) is 0 Å². The topological polar surface area (TPSA) is 30.7 Å². The second-order valence-corrected chi connectivity index (χ2v) is 21.4. The van der Waals surface area contributed by atoms with E-state index in [0.29, 0.717) is 5.82 Å². The van der Waals surface area contributed by atoms with Crippen LogP contribution in [0.5, 0.6) is 0 Å². The second-order valence-electron chi connectivity index (χ2n) is 17.7. The van der Waals surface area contributed by atoms with Gasteiger partial charge in [0.2, 0.25) is 0 Å². The predicted molar refractivity (Wildman–Crippen MR) is 286 cm³/mol. The Morgan fingerprint density at radius 3 is 1.40 bits per heavy atom. The van der Waals surface area contributed by atoms with Crippen LogP contribution in [0.4, 0.5) is 0 Å². The highest BCUT2D eigenvalue weighted by molar-refractivity contribution is 7.22. The van der Waals surface area contributed by atoms with E-state index < -0.39 is 8.07 Å². The van der Waals surface area contributed by atoms with Crippen LogP contribution in [0.2, 0.25) is 0 Å². The van der Waals surface area contributed by atoms with Gasteiger partial charge >= 0.3 is 0 Å². The fourth-order valence-electron chi connectivity index (χ4n) is 10.8. The number of para-hydroxylation sites is 2. The molecule has 3 nitrogen and oxygen atoms in total. The molecular weight excluding hydrogens is 839 g/mol. The zero-order chi connectivity index (χ0) is 45.0. The lowest BCUT2D eigenvalue weighted by atomic mass is 9.97. The van der Waals surface area contributed by atoms with Crippen LogP contribution in [0.3, 0.4) is 0 Å². The van der Waals surface area contributed by atoms with Crippen molar-refractivity contribution in [2.75, 3.05) is 0 Å². The Balaban J connectivity index is 0.861. The highest BCUT2D eigenvalue weighted by Gasteiger charge is 2.48. The maximum Gasteiger partial charge on any atom is 0.180 e. The van der Waals surface area contributed by atoms with E-state index in [1.165, 1.54) is 59.2 Å². The van der Waals surface area contributed by atoms with Gasteiger partial charge in [0.25, 0.3) is 0 Å². The summed E-state index contributed by atoms with van der Waals surface area (Å²) in [5, 5.41) is 8.21. The molecule has 0 unspecified atom stereocenters. The minimum atomic E-state index is -2.56. The van der Waals surface area contributed by atoms with Gasteiger partial charge < -0.3 is 4.57 Å². The molecule has 0 fully saturated rings. The van der Waals surface area contributed by atoms with Gasteiger partial charge in [0, 0.05) is 33.2 Å². The van der Waals surface area contributed by atoms with Gasteiger partial charge in [-0.15, -0.1) is 0 Å². The van der Waals surface area contributed by atoms with E-state index in [4.69, 9.17) is 9.97 Å². The Labute approximate surface area is 397 Å². The quantitative estimate of drug-likeness (QED) is 0.142. The van der Waals surface area contributed by atoms with Crippen molar-refractivity contribution in [1.29, 1.82) is 0 Å². The van der Waals surface area contributed by atoms with E-state index in [-0.39, 0.29) is 0 Å². The summed E-state index contributed by atoms with van der Waals surface area (Å²) in [4.78, 5) is 10.5. The summed E-state index contributed by atoms with van der Waals surface area (Å²) in [6.07, 6.45) is 0. The molecule has 12 aromatic rings. The van der Waals surface area contributed by atoms with E-state index >= 15 is 0 Å². The van der Waals surface area contributed by atoms with E-state index in [0.717, 1.165) is 50.5 Å². The molecule has 0 amide bonds. The van der Waals surface area contributed by atoms with Crippen LogP contribution in [0, 0.1) is 0 Å². The molecule has 0 saturated carbocycles. The summed E-state index contributed by atoms with van der Waals surface area (Å²) >= 11 is 0. The Kier molecular flexibility index (Phi) is 9.51. The average molecular weight is 882 g/mol. The first kappa shape index (κ1) is 39.6. The Hall–Kier alpha value is -8.70. The average Bonchev–Trinajstić information content (AvgIpc) is 3.92. The van der Waals surface area contributed by atoms with Crippen molar-refractivity contribution in [1.82, 2.24) is 14.5 Å². The predicted octanol–water partition coefficient (Wildman–Crippen LogP) is 13.3. The molecule has 4 heteroatoms. The van der Waals surface area contributed by atoms with Gasteiger partial charge in [-0.2, -0.15) is 0 Å². The largest absolute Gasteiger partial charge is 0.309 e. The molecule has 0 N–H and O–H groups in total. The number of nitrogens with zero attached hydrogens (tertiary/aromatic N) is 3. The Morgan fingerprint density at radius 1 is 0.294 bits per heavy atom. The summed E-state index contributed by atoms with van der Waals surface area (Å²) < 4.78 is 2.36. The summed E-state index contributed by atoms with van der Waals surface area (Å²) in [6.45, 7) is 0. The zero-order valence-electron chi connectivity index (χ0n) is 37.2. The van der Waals surface area contributed by atoms with E-state index in [9.17, 15) is 0 Å². The van der Waals surface area contributed by atoms with Crippen LogP contribution in [-0.4, -0.2) is 22.6 Å². The molecule has 10 aromatic carbocycles. The molecule has 0 bridgehead atoms. The van der Waals surface area contributed by atoms with Crippen LogP contribution in [0.15, 0.2) is 261 Å². The lowest BCUT2D eigenvalue weighted by Crippen LogP contribution is -2.72. The Morgan fingerprint density at radius 2 is 0.750 bits per heavy atom. The first-order valence-corrected chi connectivity index (χ1v) is 25.3. The van der Waals surface area contributed by atoms with Crippen molar-refractivity contribution < 1.29 is 0 Å². The summed E-state index contributed by atoms with van der Waals surface area (Å²) in [5.74, 6) is 0.694.